The van der Waals surface area contributed by atoms with Gasteiger partial charge in [0.15, 0.2) is 5.78 Å². The molecule has 1 heterocycles. The molecule has 0 bridgehead atoms. The maximum Gasteiger partial charge on any atom is 0.236 e. The number of hydrogen-bond donors (Lipinski definition) is 0. The summed E-state index contributed by atoms with van der Waals surface area (Å²) < 4.78 is 0. The third-order valence-corrected chi connectivity index (χ3v) is 4.29. The molecule has 1 aromatic carbocycles. The smallest absolute Gasteiger partial charge is 0.236 e. The van der Waals surface area contributed by atoms with Crippen molar-refractivity contribution in [2.45, 2.75) is 33.2 Å². The van der Waals surface area contributed by atoms with Gasteiger partial charge in [0.2, 0.25) is 5.91 Å². The molecule has 1 aliphatic heterocycles. The van der Waals surface area contributed by atoms with Crippen LogP contribution in [0.25, 0.3) is 0 Å². The highest BCUT2D eigenvalue weighted by atomic mass is 16.2. The van der Waals surface area contributed by atoms with Crippen molar-refractivity contribution < 1.29 is 9.59 Å². The Morgan fingerprint density at radius 1 is 1.24 bits per heavy atom. The monoisotopic (exact) mass is 288 g/mol. The number of carbonyl (C=O) groups is 2. The van der Waals surface area contributed by atoms with Gasteiger partial charge in [0.25, 0.3) is 0 Å². The van der Waals surface area contributed by atoms with E-state index in [2.05, 4.69) is 0 Å². The second kappa shape index (κ2) is 6.39. The van der Waals surface area contributed by atoms with Crippen molar-refractivity contribution in [3.63, 3.8) is 0 Å². The molecule has 1 saturated heterocycles. The molecule has 0 saturated carbocycles. The lowest BCUT2D eigenvalue weighted by molar-refractivity contribution is -0.130. The van der Waals surface area contributed by atoms with Gasteiger partial charge in [0, 0.05) is 25.7 Å². The zero-order valence-electron chi connectivity index (χ0n) is 13.3. The number of likely N-dealkylation sites (N-methyl/N-ethyl adjacent to an activating group) is 1. The van der Waals surface area contributed by atoms with Crippen molar-refractivity contribution in [2.75, 3.05) is 26.7 Å². The normalized spacial score (nSPS) is 18.5. The number of amides is 1. The molecular weight excluding hydrogens is 264 g/mol. The Bertz CT molecular complexity index is 554. The molecule has 1 fully saturated rings. The Labute approximate surface area is 126 Å². The van der Waals surface area contributed by atoms with Gasteiger partial charge in [0.05, 0.1) is 12.6 Å². The van der Waals surface area contributed by atoms with Crippen LogP contribution in [0.5, 0.6) is 0 Å². The largest absolute Gasteiger partial charge is 0.345 e. The van der Waals surface area contributed by atoms with Crippen molar-refractivity contribution in [2.24, 2.45) is 0 Å². The highest BCUT2D eigenvalue weighted by molar-refractivity contribution is 6.01. The molecule has 1 aromatic rings. The Hall–Kier alpha value is -1.68. The Morgan fingerprint density at radius 2 is 1.95 bits per heavy atom. The standard InChI is InChI=1S/C17H24N2O2/c1-12-6-7-13(2)15(10-12)17(21)14(3)19-9-5-8-18(4)16(20)11-19/h6-7,10,14H,5,8-9,11H2,1-4H3. The number of Topliss-reactive ketones (excluding diaryl/α,β-unsaturated/α-hetero) is 1. The van der Waals surface area contributed by atoms with Gasteiger partial charge in [-0.2, -0.15) is 0 Å². The lowest BCUT2D eigenvalue weighted by Crippen LogP contribution is -2.43. The van der Waals surface area contributed by atoms with Crippen LogP contribution in [0.3, 0.4) is 0 Å². The van der Waals surface area contributed by atoms with Gasteiger partial charge in [-0.05, 0) is 38.8 Å². The van der Waals surface area contributed by atoms with Gasteiger partial charge < -0.3 is 4.90 Å². The zero-order valence-corrected chi connectivity index (χ0v) is 13.3. The highest BCUT2D eigenvalue weighted by Crippen LogP contribution is 2.17. The summed E-state index contributed by atoms with van der Waals surface area (Å²) in [6.07, 6.45) is 0.909. The van der Waals surface area contributed by atoms with E-state index in [1.165, 1.54) is 0 Å². The number of hydrogen-bond acceptors (Lipinski definition) is 3. The van der Waals surface area contributed by atoms with E-state index >= 15 is 0 Å². The maximum atomic E-state index is 12.8. The molecular formula is C17H24N2O2. The number of nitrogens with zero attached hydrogens (tertiary/aromatic N) is 2. The van der Waals surface area contributed by atoms with E-state index in [4.69, 9.17) is 0 Å². The van der Waals surface area contributed by atoms with Crippen molar-refractivity contribution in [3.05, 3.63) is 34.9 Å². The molecule has 1 atom stereocenters. The fourth-order valence-corrected chi connectivity index (χ4v) is 2.73. The molecule has 0 radical (unpaired) electrons. The quantitative estimate of drug-likeness (QED) is 0.799. The van der Waals surface area contributed by atoms with E-state index in [1.807, 2.05) is 50.9 Å². The lowest BCUT2D eigenvalue weighted by Gasteiger charge is -2.26. The Balaban J connectivity index is 2.18. The van der Waals surface area contributed by atoms with Gasteiger partial charge in [-0.3, -0.25) is 14.5 Å². The van der Waals surface area contributed by atoms with Crippen LogP contribution in [0.4, 0.5) is 0 Å². The molecule has 1 aliphatic rings. The van der Waals surface area contributed by atoms with E-state index in [0.717, 1.165) is 36.2 Å². The summed E-state index contributed by atoms with van der Waals surface area (Å²) in [5.41, 5.74) is 2.85. The number of aryl methyl sites for hydroxylation is 2. The average molecular weight is 288 g/mol. The number of benzene rings is 1. The second-order valence-electron chi connectivity index (χ2n) is 6.00. The van der Waals surface area contributed by atoms with E-state index < -0.39 is 0 Å². The molecule has 2 rings (SSSR count). The van der Waals surface area contributed by atoms with Gasteiger partial charge in [-0.25, -0.2) is 0 Å². The van der Waals surface area contributed by atoms with E-state index in [1.54, 1.807) is 4.90 Å². The van der Waals surface area contributed by atoms with Crippen LogP contribution in [-0.4, -0.2) is 54.2 Å². The van der Waals surface area contributed by atoms with Crippen molar-refractivity contribution >= 4 is 11.7 Å². The molecule has 0 spiro atoms. The number of rotatable bonds is 3. The SMILES string of the molecule is Cc1ccc(C)c(C(=O)C(C)N2CCCN(C)C(=O)C2)c1. The first-order chi connectivity index (χ1) is 9.90. The van der Waals surface area contributed by atoms with Gasteiger partial charge in [-0.1, -0.05) is 17.7 Å². The number of ketones is 1. The third-order valence-electron chi connectivity index (χ3n) is 4.29. The number of carbonyl (C=O) groups excluding carboxylic acids is 2. The zero-order chi connectivity index (χ0) is 15.6. The van der Waals surface area contributed by atoms with E-state index in [9.17, 15) is 9.59 Å². The fourth-order valence-electron chi connectivity index (χ4n) is 2.73. The molecule has 1 unspecified atom stereocenters. The molecule has 21 heavy (non-hydrogen) atoms. The minimum Gasteiger partial charge on any atom is -0.345 e. The Morgan fingerprint density at radius 3 is 2.67 bits per heavy atom. The molecule has 4 heteroatoms. The molecule has 1 amide bonds. The fraction of sp³-hybridized carbons (Fsp3) is 0.529. The molecule has 4 nitrogen and oxygen atoms in total. The average Bonchev–Trinajstić information content (AvgIpc) is 2.62. The summed E-state index contributed by atoms with van der Waals surface area (Å²) in [7, 11) is 1.82. The first kappa shape index (κ1) is 15.7. The van der Waals surface area contributed by atoms with E-state index in [0.29, 0.717) is 6.54 Å². The predicted molar refractivity (Wildman–Crippen MR) is 83.5 cm³/mol. The highest BCUT2D eigenvalue weighted by Gasteiger charge is 2.28. The van der Waals surface area contributed by atoms with Crippen LogP contribution >= 0.6 is 0 Å². The molecule has 114 valence electrons. The van der Waals surface area contributed by atoms with E-state index in [-0.39, 0.29) is 17.7 Å². The van der Waals surface area contributed by atoms with Crippen molar-refractivity contribution in [1.29, 1.82) is 0 Å². The molecule has 0 aromatic heterocycles. The summed E-state index contributed by atoms with van der Waals surface area (Å²) >= 11 is 0. The van der Waals surface area contributed by atoms with Crippen LogP contribution in [0, 0.1) is 13.8 Å². The topological polar surface area (TPSA) is 40.6 Å². The maximum absolute atomic E-state index is 12.8. The minimum absolute atomic E-state index is 0.0908. The van der Waals surface area contributed by atoms with Crippen LogP contribution in [-0.2, 0) is 4.79 Å². The van der Waals surface area contributed by atoms with Crippen molar-refractivity contribution in [1.82, 2.24) is 9.80 Å². The first-order valence-electron chi connectivity index (χ1n) is 7.49. The predicted octanol–water partition coefficient (Wildman–Crippen LogP) is 2.04. The first-order valence-corrected chi connectivity index (χ1v) is 7.49. The third kappa shape index (κ3) is 3.50. The van der Waals surface area contributed by atoms with Crippen molar-refractivity contribution in [3.8, 4) is 0 Å². The summed E-state index contributed by atoms with van der Waals surface area (Å²) in [6, 6.07) is 5.68. The van der Waals surface area contributed by atoms with Crippen LogP contribution in [0.15, 0.2) is 18.2 Å². The second-order valence-corrected chi connectivity index (χ2v) is 6.00. The summed E-state index contributed by atoms with van der Waals surface area (Å²) in [6.45, 7) is 7.73. The molecule has 0 aliphatic carbocycles. The van der Waals surface area contributed by atoms with Gasteiger partial charge >= 0.3 is 0 Å². The minimum atomic E-state index is -0.263. The van der Waals surface area contributed by atoms with Crippen LogP contribution in [0.1, 0.15) is 34.8 Å². The van der Waals surface area contributed by atoms with Gasteiger partial charge in [0.1, 0.15) is 0 Å². The summed E-state index contributed by atoms with van der Waals surface area (Å²) in [5.74, 6) is 0.196. The summed E-state index contributed by atoms with van der Waals surface area (Å²) in [5, 5.41) is 0. The van der Waals surface area contributed by atoms with Crippen LogP contribution < -0.4 is 0 Å². The van der Waals surface area contributed by atoms with Gasteiger partial charge in [-0.15, -0.1) is 0 Å². The Kier molecular flexibility index (Phi) is 4.78. The molecule has 0 N–H and O–H groups in total. The lowest BCUT2D eigenvalue weighted by atomic mass is 9.97. The summed E-state index contributed by atoms with van der Waals surface area (Å²) in [4.78, 5) is 28.5. The van der Waals surface area contributed by atoms with Crippen LogP contribution in [0.2, 0.25) is 0 Å².